The van der Waals surface area contributed by atoms with Gasteiger partial charge >= 0.3 is 5.69 Å². The first-order valence-electron chi connectivity index (χ1n) is 6.28. The summed E-state index contributed by atoms with van der Waals surface area (Å²) < 4.78 is 0. The Bertz CT molecular complexity index is 589. The lowest BCUT2D eigenvalue weighted by Crippen LogP contribution is -2.41. The van der Waals surface area contributed by atoms with E-state index in [1.165, 1.54) is 24.4 Å². The Hall–Kier alpha value is -2.52. The van der Waals surface area contributed by atoms with Crippen molar-refractivity contribution in [1.29, 1.82) is 0 Å². The van der Waals surface area contributed by atoms with Gasteiger partial charge in [0.1, 0.15) is 6.04 Å². The van der Waals surface area contributed by atoms with Crippen LogP contribution in [0.4, 0.5) is 5.69 Å². The van der Waals surface area contributed by atoms with E-state index in [1.54, 1.807) is 0 Å². The van der Waals surface area contributed by atoms with Crippen molar-refractivity contribution in [3.63, 3.8) is 0 Å². The third-order valence-electron chi connectivity index (χ3n) is 2.99. The van der Waals surface area contributed by atoms with Crippen LogP contribution in [0.1, 0.15) is 18.9 Å². The molecule has 9 nitrogen and oxygen atoms in total. The van der Waals surface area contributed by atoms with Gasteiger partial charge in [-0.05, 0) is 31.0 Å². The van der Waals surface area contributed by atoms with Crippen molar-refractivity contribution in [1.82, 2.24) is 16.3 Å². The smallest absolute Gasteiger partial charge is 0.310 e. The van der Waals surface area contributed by atoms with Crippen molar-refractivity contribution in [2.24, 2.45) is 5.10 Å². The van der Waals surface area contributed by atoms with E-state index in [2.05, 4.69) is 21.4 Å². The predicted octanol–water partition coefficient (Wildman–Crippen LogP) is 0.00550. The van der Waals surface area contributed by atoms with E-state index in [1.807, 2.05) is 6.92 Å². The Labute approximate surface area is 120 Å². The number of nitro groups is 1. The number of hydrogen-bond donors (Lipinski definition) is 4. The van der Waals surface area contributed by atoms with Crippen molar-refractivity contribution in [2.45, 2.75) is 25.4 Å². The average Bonchev–Trinajstić information content (AvgIpc) is 2.85. The molecule has 2 atom stereocenters. The Kier molecular flexibility index (Phi) is 4.45. The minimum Gasteiger partial charge on any atom is -0.502 e. The summed E-state index contributed by atoms with van der Waals surface area (Å²) in [5, 5.41) is 23.8. The van der Waals surface area contributed by atoms with Crippen molar-refractivity contribution in [3.05, 3.63) is 33.9 Å². The summed E-state index contributed by atoms with van der Waals surface area (Å²) in [7, 11) is 0. The fourth-order valence-corrected chi connectivity index (χ4v) is 1.91. The third kappa shape index (κ3) is 3.74. The van der Waals surface area contributed by atoms with Gasteiger partial charge in [-0.25, -0.2) is 10.9 Å². The zero-order chi connectivity index (χ0) is 15.4. The molecule has 1 aromatic carbocycles. The topological polar surface area (TPSA) is 129 Å². The van der Waals surface area contributed by atoms with E-state index in [0.717, 1.165) is 0 Å². The van der Waals surface area contributed by atoms with Gasteiger partial charge < -0.3 is 5.11 Å². The van der Waals surface area contributed by atoms with Gasteiger partial charge in [-0.3, -0.25) is 20.3 Å². The maximum atomic E-state index is 11.7. The zero-order valence-corrected chi connectivity index (χ0v) is 11.2. The molecule has 4 N–H and O–H groups in total. The summed E-state index contributed by atoms with van der Waals surface area (Å²) >= 11 is 0. The van der Waals surface area contributed by atoms with Crippen LogP contribution >= 0.6 is 0 Å². The van der Waals surface area contributed by atoms with Crippen molar-refractivity contribution < 1.29 is 14.8 Å². The second-order valence-electron chi connectivity index (χ2n) is 4.72. The van der Waals surface area contributed by atoms with E-state index in [-0.39, 0.29) is 23.7 Å². The lowest BCUT2D eigenvalue weighted by atomic mass is 10.1. The van der Waals surface area contributed by atoms with Gasteiger partial charge in [-0.15, -0.1) is 0 Å². The quantitative estimate of drug-likeness (QED) is 0.351. The minimum atomic E-state index is -0.683. The molecular weight excluding hydrogens is 278 g/mol. The first kappa shape index (κ1) is 14.9. The average molecular weight is 293 g/mol. The molecule has 9 heteroatoms. The Morgan fingerprint density at radius 2 is 2.33 bits per heavy atom. The second-order valence-corrected chi connectivity index (χ2v) is 4.72. The van der Waals surface area contributed by atoms with Crippen LogP contribution in [0.15, 0.2) is 23.3 Å². The molecule has 1 amide bonds. The molecule has 0 radical (unpaired) electrons. The number of amides is 1. The number of hydrogen-bond acceptors (Lipinski definition) is 7. The maximum Gasteiger partial charge on any atom is 0.310 e. The molecule has 1 fully saturated rings. The molecular formula is C12H15N5O4. The van der Waals surface area contributed by atoms with Gasteiger partial charge in [0.05, 0.1) is 11.1 Å². The summed E-state index contributed by atoms with van der Waals surface area (Å²) in [5.41, 5.74) is 8.17. The molecule has 0 aromatic heterocycles. The number of nitrogens with one attached hydrogen (secondary N) is 3. The van der Waals surface area contributed by atoms with Gasteiger partial charge in [-0.1, -0.05) is 0 Å². The lowest BCUT2D eigenvalue weighted by Gasteiger charge is -2.06. The van der Waals surface area contributed by atoms with Crippen molar-refractivity contribution >= 4 is 17.8 Å². The number of hydrazine groups is 1. The highest BCUT2D eigenvalue weighted by atomic mass is 16.6. The number of nitro benzene ring substituents is 1. The van der Waals surface area contributed by atoms with Crippen molar-refractivity contribution in [2.75, 3.05) is 0 Å². The van der Waals surface area contributed by atoms with E-state index >= 15 is 0 Å². The number of phenolic OH excluding ortho intramolecular Hbond substituents is 1. The molecule has 1 aliphatic rings. The zero-order valence-electron chi connectivity index (χ0n) is 11.2. The number of aromatic hydroxyl groups is 1. The highest BCUT2D eigenvalue weighted by Crippen LogP contribution is 2.25. The van der Waals surface area contributed by atoms with Crippen LogP contribution < -0.4 is 16.3 Å². The van der Waals surface area contributed by atoms with Crippen LogP contribution in [0.5, 0.6) is 5.75 Å². The molecule has 2 rings (SSSR count). The van der Waals surface area contributed by atoms with Crippen LogP contribution in [-0.2, 0) is 4.79 Å². The molecule has 0 saturated carbocycles. The van der Waals surface area contributed by atoms with Crippen molar-refractivity contribution in [3.8, 4) is 5.75 Å². The number of benzene rings is 1. The maximum absolute atomic E-state index is 11.7. The van der Waals surface area contributed by atoms with Crippen LogP contribution in [-0.4, -0.2) is 34.2 Å². The van der Waals surface area contributed by atoms with Gasteiger partial charge in [-0.2, -0.15) is 5.10 Å². The summed E-state index contributed by atoms with van der Waals surface area (Å²) in [4.78, 5) is 21.6. The van der Waals surface area contributed by atoms with E-state index < -0.39 is 10.7 Å². The molecule has 0 spiro atoms. The number of hydrazone groups is 1. The normalized spacial score (nSPS) is 21.6. The molecule has 1 aromatic rings. The van der Waals surface area contributed by atoms with E-state index in [4.69, 9.17) is 0 Å². The van der Waals surface area contributed by atoms with E-state index in [9.17, 15) is 20.0 Å². The summed E-state index contributed by atoms with van der Waals surface area (Å²) in [6.07, 6.45) is 1.95. The van der Waals surface area contributed by atoms with E-state index in [0.29, 0.717) is 12.0 Å². The van der Waals surface area contributed by atoms with Gasteiger partial charge in [0.15, 0.2) is 5.75 Å². The Morgan fingerprint density at radius 1 is 1.57 bits per heavy atom. The van der Waals surface area contributed by atoms with Crippen LogP contribution in [0, 0.1) is 10.1 Å². The molecule has 1 saturated heterocycles. The number of phenols is 1. The number of carbonyl (C=O) groups excluding carboxylic acids is 1. The monoisotopic (exact) mass is 293 g/mol. The molecule has 1 heterocycles. The number of carbonyl (C=O) groups is 1. The standard InChI is InChI=1S/C12H15N5O4/c1-7-4-9(15-14-7)12(19)16-13-6-8-2-3-10(17(20)21)11(18)5-8/h2-3,5-7,9,14-15,18H,4H2,1H3,(H,16,19)/b13-6+. The van der Waals surface area contributed by atoms with Gasteiger partial charge in [0.2, 0.25) is 0 Å². The highest BCUT2D eigenvalue weighted by molar-refractivity contribution is 5.85. The number of nitrogens with zero attached hydrogens (tertiary/aromatic N) is 2. The predicted molar refractivity (Wildman–Crippen MR) is 74.6 cm³/mol. The highest BCUT2D eigenvalue weighted by Gasteiger charge is 2.26. The van der Waals surface area contributed by atoms with Gasteiger partial charge in [0.25, 0.3) is 5.91 Å². The first-order valence-corrected chi connectivity index (χ1v) is 6.28. The molecule has 112 valence electrons. The van der Waals surface area contributed by atoms with Crippen LogP contribution in [0.25, 0.3) is 0 Å². The molecule has 1 aliphatic heterocycles. The summed E-state index contributed by atoms with van der Waals surface area (Å²) in [6.45, 7) is 1.95. The first-order chi connectivity index (χ1) is 9.97. The minimum absolute atomic E-state index is 0.205. The Morgan fingerprint density at radius 3 is 2.90 bits per heavy atom. The largest absolute Gasteiger partial charge is 0.502 e. The lowest BCUT2D eigenvalue weighted by molar-refractivity contribution is -0.385. The fraction of sp³-hybridized carbons (Fsp3) is 0.333. The fourth-order valence-electron chi connectivity index (χ4n) is 1.91. The molecule has 0 aliphatic carbocycles. The molecule has 0 bridgehead atoms. The third-order valence-corrected chi connectivity index (χ3v) is 2.99. The summed E-state index contributed by atoms with van der Waals surface area (Å²) in [5.74, 6) is -0.736. The molecule has 21 heavy (non-hydrogen) atoms. The van der Waals surface area contributed by atoms with Gasteiger partial charge in [0, 0.05) is 12.1 Å². The SMILES string of the molecule is CC1CC(C(=O)N/N=C/c2ccc([N+](=O)[O-])c(O)c2)NN1. The molecule has 2 unspecified atom stereocenters. The second kappa shape index (κ2) is 6.29. The summed E-state index contributed by atoms with van der Waals surface area (Å²) in [6, 6.07) is 3.64. The van der Waals surface area contributed by atoms with Crippen LogP contribution in [0.2, 0.25) is 0 Å². The number of rotatable bonds is 4. The Balaban J connectivity index is 1.94. The van der Waals surface area contributed by atoms with Crippen LogP contribution in [0.3, 0.4) is 0 Å².